The topological polar surface area (TPSA) is 78.9 Å². The number of H-pyrrole nitrogens is 1. The Morgan fingerprint density at radius 1 is 1.32 bits per heavy atom. The largest absolute Gasteiger partial charge is 0.383 e. The smallest absolute Gasteiger partial charge is 0.137 e. The number of aromatic amines is 1. The molecule has 1 saturated carbocycles. The highest BCUT2D eigenvalue weighted by atomic mass is 16.5. The quantitative estimate of drug-likeness (QED) is 0.553. The minimum atomic E-state index is 0.609. The van der Waals surface area contributed by atoms with Crippen LogP contribution in [0.2, 0.25) is 0 Å². The second kappa shape index (κ2) is 7.47. The molecule has 2 aromatic rings. The zero-order valence-corrected chi connectivity index (χ0v) is 14.7. The first-order chi connectivity index (χ1) is 12.3. The number of nitrogens with two attached hydrogens (primary N) is 1. The Morgan fingerprint density at radius 2 is 2.20 bits per heavy atom. The summed E-state index contributed by atoms with van der Waals surface area (Å²) < 4.78 is 5.12. The van der Waals surface area contributed by atoms with Gasteiger partial charge in [0.25, 0.3) is 0 Å². The van der Waals surface area contributed by atoms with Gasteiger partial charge in [0, 0.05) is 43.0 Å². The Kier molecular flexibility index (Phi) is 4.92. The van der Waals surface area contributed by atoms with E-state index in [9.17, 15) is 0 Å². The van der Waals surface area contributed by atoms with Crippen LogP contribution in [-0.2, 0) is 4.74 Å². The normalized spacial score (nSPS) is 23.3. The molecular formula is C19H26N5O+. The number of allylic oxidation sites excluding steroid dienone is 1. The number of ether oxygens (including phenoxy) is 1. The van der Waals surface area contributed by atoms with E-state index in [-0.39, 0.29) is 0 Å². The molecule has 0 radical (unpaired) electrons. The predicted octanol–water partition coefficient (Wildman–Crippen LogP) is 1.73. The summed E-state index contributed by atoms with van der Waals surface area (Å²) in [4.78, 5) is 7.94. The van der Waals surface area contributed by atoms with E-state index in [0.717, 1.165) is 24.4 Å². The van der Waals surface area contributed by atoms with Crippen molar-refractivity contribution in [3.05, 3.63) is 35.8 Å². The van der Waals surface area contributed by atoms with Gasteiger partial charge in [-0.3, -0.25) is 0 Å². The predicted molar refractivity (Wildman–Crippen MR) is 99.4 cm³/mol. The van der Waals surface area contributed by atoms with Crippen molar-refractivity contribution >= 4 is 22.8 Å². The number of pyridine rings is 1. The van der Waals surface area contributed by atoms with Crippen molar-refractivity contribution in [2.24, 2.45) is 5.10 Å². The van der Waals surface area contributed by atoms with Crippen molar-refractivity contribution in [1.29, 1.82) is 0 Å². The second-order valence-corrected chi connectivity index (χ2v) is 6.91. The van der Waals surface area contributed by atoms with Gasteiger partial charge >= 0.3 is 0 Å². The first-order valence-corrected chi connectivity index (χ1v) is 9.11. The number of methoxy groups -OCH3 is 1. The van der Waals surface area contributed by atoms with Crippen molar-refractivity contribution in [3.63, 3.8) is 0 Å². The summed E-state index contributed by atoms with van der Waals surface area (Å²) in [5.74, 6) is 0.609. The lowest BCUT2D eigenvalue weighted by Gasteiger charge is -2.29. The van der Waals surface area contributed by atoms with Gasteiger partial charge in [0.15, 0.2) is 0 Å². The van der Waals surface area contributed by atoms with Gasteiger partial charge in [-0.15, -0.1) is 0 Å². The van der Waals surface area contributed by atoms with E-state index in [1.165, 1.54) is 42.2 Å². The van der Waals surface area contributed by atoms with Crippen LogP contribution in [0.3, 0.4) is 0 Å². The van der Waals surface area contributed by atoms with Gasteiger partial charge in [-0.05, 0) is 43.2 Å². The molecule has 0 unspecified atom stereocenters. The standard InChI is InChI=1S/C19H25N5O/c1-25-7-6-20-16-4-2-13(3-5-16)14-8-17-18(15-10-23-24-11-15)12-22-19(17)21-9-14/h8-13,16,20H,2-7H2,1H3,(H,21,22)(H,23,24)/p+1. The summed E-state index contributed by atoms with van der Waals surface area (Å²) in [6.45, 7) is 1.73. The van der Waals surface area contributed by atoms with Crippen molar-refractivity contribution in [2.45, 2.75) is 37.6 Å². The van der Waals surface area contributed by atoms with E-state index in [1.54, 1.807) is 7.11 Å². The SMILES string of the molecule is COCCNC1CCC(c2cnc3[nH]cc(C4=C[NH2+]N=C4)c3c2)CC1. The highest BCUT2D eigenvalue weighted by molar-refractivity contribution is 6.14. The number of nitrogens with zero attached hydrogens (tertiary/aromatic N) is 2. The minimum Gasteiger partial charge on any atom is -0.383 e. The Balaban J connectivity index is 1.47. The third kappa shape index (κ3) is 3.51. The molecule has 1 aliphatic carbocycles. The molecule has 0 bridgehead atoms. The van der Waals surface area contributed by atoms with E-state index in [1.807, 2.05) is 24.0 Å². The number of quaternary nitrogens is 1. The summed E-state index contributed by atoms with van der Waals surface area (Å²) in [5.41, 5.74) is 6.50. The molecule has 132 valence electrons. The van der Waals surface area contributed by atoms with Crippen LogP contribution >= 0.6 is 0 Å². The summed E-state index contributed by atoms with van der Waals surface area (Å²) >= 11 is 0. The summed E-state index contributed by atoms with van der Waals surface area (Å²) in [6.07, 6.45) is 12.9. The molecule has 3 heterocycles. The van der Waals surface area contributed by atoms with Crippen LogP contribution in [0.4, 0.5) is 0 Å². The summed E-state index contributed by atoms with van der Waals surface area (Å²) in [5, 5.41) is 8.98. The molecule has 1 fully saturated rings. The third-order valence-electron chi connectivity index (χ3n) is 5.35. The van der Waals surface area contributed by atoms with Gasteiger partial charge in [0.2, 0.25) is 0 Å². The van der Waals surface area contributed by atoms with Crippen LogP contribution in [0.25, 0.3) is 16.6 Å². The summed E-state index contributed by atoms with van der Waals surface area (Å²) in [6, 6.07) is 2.95. The van der Waals surface area contributed by atoms with Gasteiger partial charge in [0.05, 0.1) is 18.4 Å². The first-order valence-electron chi connectivity index (χ1n) is 9.11. The van der Waals surface area contributed by atoms with E-state index in [4.69, 9.17) is 4.74 Å². The lowest BCUT2D eigenvalue weighted by atomic mass is 9.82. The lowest BCUT2D eigenvalue weighted by molar-refractivity contribution is -0.589. The highest BCUT2D eigenvalue weighted by Crippen LogP contribution is 2.34. The molecular weight excluding hydrogens is 314 g/mol. The van der Waals surface area contributed by atoms with Crippen LogP contribution in [0.15, 0.2) is 29.8 Å². The lowest BCUT2D eigenvalue weighted by Crippen LogP contribution is -2.69. The zero-order chi connectivity index (χ0) is 17.1. The molecule has 6 heteroatoms. The number of rotatable bonds is 6. The van der Waals surface area contributed by atoms with Gasteiger partial charge < -0.3 is 15.0 Å². The molecule has 1 aliphatic heterocycles. The van der Waals surface area contributed by atoms with Crippen molar-refractivity contribution in [3.8, 4) is 0 Å². The maximum atomic E-state index is 5.12. The van der Waals surface area contributed by atoms with Crippen LogP contribution in [0, 0.1) is 0 Å². The van der Waals surface area contributed by atoms with Crippen molar-refractivity contribution in [1.82, 2.24) is 15.3 Å². The number of nitrogens with one attached hydrogen (secondary N) is 2. The molecule has 0 atom stereocenters. The number of hydrogen-bond acceptors (Lipinski definition) is 4. The number of hydrogen-bond donors (Lipinski definition) is 3. The average molecular weight is 340 g/mol. The highest BCUT2D eigenvalue weighted by Gasteiger charge is 2.23. The maximum Gasteiger partial charge on any atom is 0.137 e. The molecule has 4 N–H and O–H groups in total. The number of aromatic nitrogens is 2. The molecule has 0 saturated heterocycles. The van der Waals surface area contributed by atoms with Gasteiger partial charge in [-0.1, -0.05) is 5.10 Å². The van der Waals surface area contributed by atoms with Gasteiger partial charge in [-0.25, -0.2) is 4.98 Å². The molecule has 0 spiro atoms. The van der Waals surface area contributed by atoms with Crippen LogP contribution in [0.1, 0.15) is 42.7 Å². The zero-order valence-electron chi connectivity index (χ0n) is 14.7. The molecule has 25 heavy (non-hydrogen) atoms. The van der Waals surface area contributed by atoms with E-state index >= 15 is 0 Å². The monoisotopic (exact) mass is 340 g/mol. The molecule has 4 rings (SSSR count). The van der Waals surface area contributed by atoms with Crippen LogP contribution in [-0.4, -0.2) is 42.5 Å². The molecule has 0 aromatic carbocycles. The van der Waals surface area contributed by atoms with E-state index < -0.39 is 0 Å². The number of fused-ring (bicyclic) bond motifs is 1. The second-order valence-electron chi connectivity index (χ2n) is 6.91. The van der Waals surface area contributed by atoms with Crippen molar-refractivity contribution < 1.29 is 10.2 Å². The van der Waals surface area contributed by atoms with Gasteiger partial charge in [0.1, 0.15) is 11.8 Å². The average Bonchev–Trinajstić information content (AvgIpc) is 3.31. The fourth-order valence-corrected chi connectivity index (χ4v) is 3.93. The minimum absolute atomic E-state index is 0.609. The molecule has 0 amide bonds. The van der Waals surface area contributed by atoms with Crippen LogP contribution in [0.5, 0.6) is 0 Å². The van der Waals surface area contributed by atoms with Crippen molar-refractivity contribution in [2.75, 3.05) is 20.3 Å². The Morgan fingerprint density at radius 3 is 2.96 bits per heavy atom. The van der Waals surface area contributed by atoms with Crippen LogP contribution < -0.4 is 10.7 Å². The maximum absolute atomic E-state index is 5.12. The van der Waals surface area contributed by atoms with E-state index in [2.05, 4.69) is 32.6 Å². The molecule has 2 aromatic heterocycles. The Bertz CT molecular complexity index is 786. The Hall–Kier alpha value is -2.02. The summed E-state index contributed by atoms with van der Waals surface area (Å²) in [7, 11) is 1.75. The molecule has 2 aliphatic rings. The first kappa shape index (κ1) is 16.4. The molecule has 6 nitrogen and oxygen atoms in total. The third-order valence-corrected chi connectivity index (χ3v) is 5.35. The fourth-order valence-electron chi connectivity index (χ4n) is 3.93. The fraction of sp³-hybridized carbons (Fsp3) is 0.474. The Labute approximate surface area is 147 Å². The van der Waals surface area contributed by atoms with Gasteiger partial charge in [-0.2, -0.15) is 5.43 Å². The van der Waals surface area contributed by atoms with E-state index in [0.29, 0.717) is 12.0 Å².